The standard InChI is InChI=1S/C17H17FN2O4/c1-3-19(11-12-4-9-16(24-2)15(18)10-12)17(21)13-5-7-14(8-6-13)20(22)23/h4-10H,3,11H2,1-2H3. The number of carbonyl (C=O) groups is 1. The van der Waals surface area contributed by atoms with Crippen LogP contribution in [0, 0.1) is 15.9 Å². The van der Waals surface area contributed by atoms with Crippen molar-refractivity contribution in [2.45, 2.75) is 13.5 Å². The van der Waals surface area contributed by atoms with Gasteiger partial charge < -0.3 is 9.64 Å². The molecule has 1 amide bonds. The summed E-state index contributed by atoms with van der Waals surface area (Å²) in [5.74, 6) is -0.624. The van der Waals surface area contributed by atoms with Gasteiger partial charge in [0.15, 0.2) is 11.6 Å². The van der Waals surface area contributed by atoms with Crippen molar-refractivity contribution in [3.05, 3.63) is 69.5 Å². The van der Waals surface area contributed by atoms with Crippen LogP contribution < -0.4 is 4.74 Å². The second-order valence-corrected chi connectivity index (χ2v) is 5.09. The van der Waals surface area contributed by atoms with Crippen molar-refractivity contribution in [1.29, 1.82) is 0 Å². The van der Waals surface area contributed by atoms with E-state index in [4.69, 9.17) is 4.74 Å². The van der Waals surface area contributed by atoms with Crippen molar-refractivity contribution >= 4 is 11.6 Å². The van der Waals surface area contributed by atoms with Crippen LogP contribution in [0.3, 0.4) is 0 Å². The molecule has 126 valence electrons. The van der Waals surface area contributed by atoms with Crippen LogP contribution in [-0.4, -0.2) is 29.4 Å². The average Bonchev–Trinajstić information content (AvgIpc) is 2.59. The minimum Gasteiger partial charge on any atom is -0.494 e. The Morgan fingerprint density at radius 1 is 1.25 bits per heavy atom. The number of nitrogens with zero attached hydrogens (tertiary/aromatic N) is 2. The summed E-state index contributed by atoms with van der Waals surface area (Å²) in [5.41, 5.74) is 0.897. The molecule has 0 N–H and O–H groups in total. The van der Waals surface area contributed by atoms with Crippen LogP contribution in [0.4, 0.5) is 10.1 Å². The molecule has 0 unspecified atom stereocenters. The first-order chi connectivity index (χ1) is 11.5. The first-order valence-corrected chi connectivity index (χ1v) is 7.32. The van der Waals surface area contributed by atoms with Gasteiger partial charge >= 0.3 is 0 Å². The summed E-state index contributed by atoms with van der Waals surface area (Å²) in [6.45, 7) is 2.46. The summed E-state index contributed by atoms with van der Waals surface area (Å²) in [6.07, 6.45) is 0. The first-order valence-electron chi connectivity index (χ1n) is 7.32. The van der Waals surface area contributed by atoms with E-state index in [-0.39, 0.29) is 23.9 Å². The van der Waals surface area contributed by atoms with E-state index in [0.29, 0.717) is 17.7 Å². The summed E-state index contributed by atoms with van der Waals surface area (Å²) in [6, 6.07) is 9.92. The van der Waals surface area contributed by atoms with Gasteiger partial charge in [0.2, 0.25) is 0 Å². The number of halogens is 1. The Hall–Kier alpha value is -2.96. The molecule has 7 heteroatoms. The van der Waals surface area contributed by atoms with E-state index < -0.39 is 10.7 Å². The molecule has 0 atom stereocenters. The lowest BCUT2D eigenvalue weighted by atomic mass is 10.1. The van der Waals surface area contributed by atoms with Gasteiger partial charge in [-0.3, -0.25) is 14.9 Å². The molecule has 2 aromatic rings. The lowest BCUT2D eigenvalue weighted by molar-refractivity contribution is -0.384. The second-order valence-electron chi connectivity index (χ2n) is 5.09. The van der Waals surface area contributed by atoms with E-state index in [2.05, 4.69) is 0 Å². The van der Waals surface area contributed by atoms with Gasteiger partial charge in [0.1, 0.15) is 0 Å². The number of methoxy groups -OCH3 is 1. The zero-order valence-electron chi connectivity index (χ0n) is 13.4. The van der Waals surface area contributed by atoms with Crippen LogP contribution in [0.1, 0.15) is 22.8 Å². The Morgan fingerprint density at radius 3 is 2.42 bits per heavy atom. The van der Waals surface area contributed by atoms with Crippen LogP contribution in [0.5, 0.6) is 5.75 Å². The third kappa shape index (κ3) is 3.87. The molecule has 0 radical (unpaired) electrons. The van der Waals surface area contributed by atoms with Gasteiger partial charge in [0, 0.05) is 30.8 Å². The maximum absolute atomic E-state index is 13.8. The van der Waals surface area contributed by atoms with Crippen molar-refractivity contribution in [2.75, 3.05) is 13.7 Å². The lowest BCUT2D eigenvalue weighted by Gasteiger charge is -2.21. The number of non-ortho nitro benzene ring substituents is 1. The molecule has 0 heterocycles. The highest BCUT2D eigenvalue weighted by atomic mass is 19.1. The van der Waals surface area contributed by atoms with Gasteiger partial charge in [0.05, 0.1) is 12.0 Å². The summed E-state index contributed by atoms with van der Waals surface area (Å²) >= 11 is 0. The smallest absolute Gasteiger partial charge is 0.269 e. The number of rotatable bonds is 6. The Balaban J connectivity index is 2.16. The Bertz CT molecular complexity index is 747. The molecule has 0 aliphatic carbocycles. The Morgan fingerprint density at radius 2 is 1.92 bits per heavy atom. The van der Waals surface area contributed by atoms with Gasteiger partial charge in [0.25, 0.3) is 11.6 Å². The van der Waals surface area contributed by atoms with E-state index >= 15 is 0 Å². The summed E-state index contributed by atoms with van der Waals surface area (Å²) in [4.78, 5) is 24.2. The molecule has 0 saturated carbocycles. The maximum Gasteiger partial charge on any atom is 0.269 e. The molecule has 0 aliphatic rings. The van der Waals surface area contributed by atoms with E-state index in [1.54, 1.807) is 6.07 Å². The van der Waals surface area contributed by atoms with Crippen molar-refractivity contribution in [2.24, 2.45) is 0 Å². The largest absolute Gasteiger partial charge is 0.494 e. The van der Waals surface area contributed by atoms with Gasteiger partial charge in [-0.2, -0.15) is 0 Å². The van der Waals surface area contributed by atoms with Gasteiger partial charge in [-0.1, -0.05) is 6.07 Å². The fourth-order valence-corrected chi connectivity index (χ4v) is 2.26. The van der Waals surface area contributed by atoms with Gasteiger partial charge in [-0.05, 0) is 36.8 Å². The van der Waals surface area contributed by atoms with Crippen LogP contribution in [0.2, 0.25) is 0 Å². The Kier molecular flexibility index (Phi) is 5.47. The molecule has 0 bridgehead atoms. The van der Waals surface area contributed by atoms with Crippen molar-refractivity contribution in [1.82, 2.24) is 4.90 Å². The molecule has 6 nitrogen and oxygen atoms in total. The minimum atomic E-state index is -0.522. The molecular weight excluding hydrogens is 315 g/mol. The third-order valence-electron chi connectivity index (χ3n) is 3.58. The molecule has 0 fully saturated rings. The first kappa shape index (κ1) is 17.4. The monoisotopic (exact) mass is 332 g/mol. The van der Waals surface area contributed by atoms with Crippen LogP contribution in [-0.2, 0) is 6.54 Å². The summed E-state index contributed by atoms with van der Waals surface area (Å²) in [7, 11) is 1.38. The van der Waals surface area contributed by atoms with Gasteiger partial charge in [-0.25, -0.2) is 4.39 Å². The van der Waals surface area contributed by atoms with Crippen molar-refractivity contribution in [3.63, 3.8) is 0 Å². The fourth-order valence-electron chi connectivity index (χ4n) is 2.26. The topological polar surface area (TPSA) is 72.7 Å². The molecule has 24 heavy (non-hydrogen) atoms. The zero-order chi connectivity index (χ0) is 17.7. The highest BCUT2D eigenvalue weighted by Crippen LogP contribution is 2.20. The summed E-state index contributed by atoms with van der Waals surface area (Å²) in [5, 5.41) is 10.7. The molecule has 0 spiro atoms. The van der Waals surface area contributed by atoms with E-state index in [0.717, 1.165) is 0 Å². The highest BCUT2D eigenvalue weighted by Gasteiger charge is 2.16. The predicted molar refractivity (Wildman–Crippen MR) is 86.5 cm³/mol. The molecular formula is C17H17FN2O4. The number of ether oxygens (including phenoxy) is 1. The zero-order valence-corrected chi connectivity index (χ0v) is 13.4. The predicted octanol–water partition coefficient (Wildman–Crippen LogP) is 3.40. The number of nitro benzene ring substituents is 1. The maximum atomic E-state index is 13.8. The fraction of sp³-hybridized carbons (Fsp3) is 0.235. The minimum absolute atomic E-state index is 0.0770. The number of hydrogen-bond donors (Lipinski definition) is 0. The number of benzene rings is 2. The average molecular weight is 332 g/mol. The number of hydrogen-bond acceptors (Lipinski definition) is 4. The molecule has 0 saturated heterocycles. The van der Waals surface area contributed by atoms with Crippen LogP contribution in [0.25, 0.3) is 0 Å². The second kappa shape index (κ2) is 7.54. The quantitative estimate of drug-likeness (QED) is 0.600. The third-order valence-corrected chi connectivity index (χ3v) is 3.58. The van der Waals surface area contributed by atoms with E-state index in [9.17, 15) is 19.3 Å². The number of nitro groups is 1. The normalized spacial score (nSPS) is 10.3. The van der Waals surface area contributed by atoms with Crippen molar-refractivity contribution < 1.29 is 18.8 Å². The number of carbonyl (C=O) groups excluding carboxylic acids is 1. The number of amides is 1. The van der Waals surface area contributed by atoms with Crippen molar-refractivity contribution in [3.8, 4) is 5.75 Å². The molecule has 2 aromatic carbocycles. The SMILES string of the molecule is CCN(Cc1ccc(OC)c(F)c1)C(=O)c1ccc([N+](=O)[O-])cc1. The molecule has 2 rings (SSSR count). The van der Waals surface area contributed by atoms with Gasteiger partial charge in [-0.15, -0.1) is 0 Å². The summed E-state index contributed by atoms with van der Waals surface area (Å²) < 4.78 is 18.6. The van der Waals surface area contributed by atoms with E-state index in [1.165, 1.54) is 48.4 Å². The van der Waals surface area contributed by atoms with E-state index in [1.807, 2.05) is 6.92 Å². The van der Waals surface area contributed by atoms with Crippen LogP contribution in [0.15, 0.2) is 42.5 Å². The molecule has 0 aromatic heterocycles. The molecule has 0 aliphatic heterocycles. The van der Waals surface area contributed by atoms with Crippen LogP contribution >= 0.6 is 0 Å². The lowest BCUT2D eigenvalue weighted by Crippen LogP contribution is -2.30. The Labute approximate surface area is 138 Å². The highest BCUT2D eigenvalue weighted by molar-refractivity contribution is 5.94.